The normalized spacial score (nSPS) is 18.1. The lowest BCUT2D eigenvalue weighted by atomic mass is 9.85. The molecule has 35 heavy (non-hydrogen) atoms. The van der Waals surface area contributed by atoms with Gasteiger partial charge in [0.15, 0.2) is 0 Å². The Morgan fingerprint density at radius 1 is 1.00 bits per heavy atom. The van der Waals surface area contributed by atoms with Crippen LogP contribution >= 0.6 is 11.6 Å². The highest BCUT2D eigenvalue weighted by molar-refractivity contribution is 6.30. The SMILES string of the molecule is CCN1C(=O)N(CCc2ccccc2)C2(CCN(Cc3cccn3-c3ccc(Cl)cn3)CC2)C1=O. The molecule has 2 saturated heterocycles. The molecule has 2 aliphatic rings. The number of likely N-dealkylation sites (tertiary alicyclic amines) is 1. The molecule has 0 bridgehead atoms. The fraction of sp³-hybridized carbons (Fsp3) is 0.370. The van der Waals surface area contributed by atoms with Gasteiger partial charge in [-0.25, -0.2) is 9.78 Å². The minimum atomic E-state index is -0.738. The van der Waals surface area contributed by atoms with E-state index in [-0.39, 0.29) is 11.9 Å². The van der Waals surface area contributed by atoms with Gasteiger partial charge in [-0.3, -0.25) is 14.6 Å². The van der Waals surface area contributed by atoms with Crippen LogP contribution in [0.5, 0.6) is 0 Å². The molecule has 3 amide bonds. The summed E-state index contributed by atoms with van der Waals surface area (Å²) in [5.74, 6) is 0.788. The quantitative estimate of drug-likeness (QED) is 0.460. The first-order valence-corrected chi connectivity index (χ1v) is 12.6. The number of piperidine rings is 1. The number of carbonyl (C=O) groups is 2. The van der Waals surface area contributed by atoms with Gasteiger partial charge in [-0.15, -0.1) is 0 Å². The monoisotopic (exact) mass is 491 g/mol. The Bertz CT molecular complexity index is 1190. The van der Waals surface area contributed by atoms with Crippen LogP contribution < -0.4 is 0 Å². The van der Waals surface area contributed by atoms with Gasteiger partial charge < -0.3 is 9.47 Å². The second kappa shape index (κ2) is 9.84. The first-order chi connectivity index (χ1) is 17.0. The summed E-state index contributed by atoms with van der Waals surface area (Å²) in [6, 6.07) is 17.8. The number of likely N-dealkylation sites (N-methyl/N-ethyl adjacent to an activating group) is 1. The van der Waals surface area contributed by atoms with Crippen molar-refractivity contribution in [2.45, 2.75) is 38.3 Å². The summed E-state index contributed by atoms with van der Waals surface area (Å²) >= 11 is 6.00. The largest absolute Gasteiger partial charge is 0.327 e. The fourth-order valence-electron chi connectivity index (χ4n) is 5.33. The highest BCUT2D eigenvalue weighted by atomic mass is 35.5. The van der Waals surface area contributed by atoms with Gasteiger partial charge >= 0.3 is 6.03 Å². The van der Waals surface area contributed by atoms with E-state index in [2.05, 4.69) is 32.7 Å². The van der Waals surface area contributed by atoms with Crippen LogP contribution in [0.15, 0.2) is 67.0 Å². The molecule has 3 aromatic rings. The van der Waals surface area contributed by atoms with Gasteiger partial charge in [0.25, 0.3) is 5.91 Å². The molecule has 182 valence electrons. The van der Waals surface area contributed by atoms with Crippen molar-refractivity contribution in [2.24, 2.45) is 0 Å². The van der Waals surface area contributed by atoms with Gasteiger partial charge in [-0.05, 0) is 56.0 Å². The zero-order valence-corrected chi connectivity index (χ0v) is 20.7. The van der Waals surface area contributed by atoms with Crippen molar-refractivity contribution < 1.29 is 9.59 Å². The molecule has 2 aliphatic heterocycles. The first-order valence-electron chi connectivity index (χ1n) is 12.2. The molecule has 1 spiro atoms. The van der Waals surface area contributed by atoms with Crippen molar-refractivity contribution in [3.63, 3.8) is 0 Å². The summed E-state index contributed by atoms with van der Waals surface area (Å²) in [5.41, 5.74) is 1.56. The predicted octanol–water partition coefficient (Wildman–Crippen LogP) is 4.39. The van der Waals surface area contributed by atoms with Crippen molar-refractivity contribution >= 4 is 23.5 Å². The summed E-state index contributed by atoms with van der Waals surface area (Å²) in [4.78, 5) is 36.7. The molecule has 8 heteroatoms. The zero-order chi connectivity index (χ0) is 24.4. The van der Waals surface area contributed by atoms with Crippen LogP contribution in [0.2, 0.25) is 5.02 Å². The summed E-state index contributed by atoms with van der Waals surface area (Å²) < 4.78 is 2.07. The van der Waals surface area contributed by atoms with Gasteiger partial charge in [0.1, 0.15) is 11.4 Å². The van der Waals surface area contributed by atoms with E-state index in [1.807, 2.05) is 54.4 Å². The van der Waals surface area contributed by atoms with Crippen molar-refractivity contribution in [1.82, 2.24) is 24.3 Å². The summed E-state index contributed by atoms with van der Waals surface area (Å²) in [6.45, 7) is 5.08. The lowest BCUT2D eigenvalue weighted by Gasteiger charge is -2.42. The third-order valence-corrected chi connectivity index (χ3v) is 7.49. The highest BCUT2D eigenvalue weighted by Crippen LogP contribution is 2.37. The number of aromatic nitrogens is 2. The van der Waals surface area contributed by atoms with Gasteiger partial charge in [0.05, 0.1) is 5.02 Å². The molecule has 0 aliphatic carbocycles. The standard InChI is InChI=1S/C27H30ClN5O2/c1-2-31-25(34)27(33(26(31)35)16-12-21-7-4-3-5-8-21)13-17-30(18-14-27)20-23-9-6-15-32(23)24-11-10-22(28)19-29-24/h3-11,15,19H,2,12-14,16-18,20H2,1H3. The first kappa shape index (κ1) is 23.6. The van der Waals surface area contributed by atoms with Crippen LogP contribution in [0.4, 0.5) is 4.79 Å². The molecule has 0 saturated carbocycles. The Morgan fingerprint density at radius 2 is 1.77 bits per heavy atom. The molecule has 0 unspecified atom stereocenters. The number of nitrogens with zero attached hydrogens (tertiary/aromatic N) is 5. The van der Waals surface area contributed by atoms with E-state index in [0.717, 1.165) is 37.6 Å². The number of carbonyl (C=O) groups excluding carboxylic acids is 2. The predicted molar refractivity (Wildman–Crippen MR) is 135 cm³/mol. The number of urea groups is 1. The molecule has 1 aromatic carbocycles. The van der Waals surface area contributed by atoms with E-state index < -0.39 is 5.54 Å². The Hall–Kier alpha value is -3.16. The second-order valence-corrected chi connectivity index (χ2v) is 9.67. The molecule has 4 heterocycles. The van der Waals surface area contributed by atoms with Crippen LogP contribution in [0.25, 0.3) is 5.82 Å². The molecule has 7 nitrogen and oxygen atoms in total. The summed E-state index contributed by atoms with van der Waals surface area (Å²) in [7, 11) is 0. The Morgan fingerprint density at radius 3 is 2.46 bits per heavy atom. The molecule has 2 fully saturated rings. The van der Waals surface area contributed by atoms with Gasteiger partial charge in [0.2, 0.25) is 0 Å². The lowest BCUT2D eigenvalue weighted by Crippen LogP contribution is -2.56. The molecular formula is C27H30ClN5O2. The van der Waals surface area contributed by atoms with Crippen molar-refractivity contribution in [1.29, 1.82) is 0 Å². The maximum absolute atomic E-state index is 13.5. The molecule has 0 atom stereocenters. The van der Waals surface area contributed by atoms with Gasteiger partial charge in [-0.2, -0.15) is 0 Å². The van der Waals surface area contributed by atoms with E-state index in [0.29, 0.717) is 31.0 Å². The van der Waals surface area contributed by atoms with Crippen LogP contribution in [0.3, 0.4) is 0 Å². The minimum Gasteiger partial charge on any atom is -0.309 e. The second-order valence-electron chi connectivity index (χ2n) is 9.23. The molecule has 5 rings (SSSR count). The third-order valence-electron chi connectivity index (χ3n) is 7.27. The zero-order valence-electron chi connectivity index (χ0n) is 19.9. The van der Waals surface area contributed by atoms with Crippen molar-refractivity contribution in [3.8, 4) is 5.82 Å². The number of hydrogen-bond donors (Lipinski definition) is 0. The Balaban J connectivity index is 1.30. The molecule has 2 aromatic heterocycles. The van der Waals surface area contributed by atoms with Crippen LogP contribution in [-0.4, -0.2) is 67.9 Å². The number of amides is 3. The number of hydrogen-bond acceptors (Lipinski definition) is 4. The Kier molecular flexibility index (Phi) is 6.62. The topological polar surface area (TPSA) is 61.7 Å². The fourth-order valence-corrected chi connectivity index (χ4v) is 5.44. The maximum atomic E-state index is 13.5. The van der Waals surface area contributed by atoms with Crippen LogP contribution in [0, 0.1) is 0 Å². The number of imide groups is 1. The van der Waals surface area contributed by atoms with Crippen molar-refractivity contribution in [2.75, 3.05) is 26.2 Å². The van der Waals surface area contributed by atoms with E-state index in [4.69, 9.17) is 11.6 Å². The average molecular weight is 492 g/mol. The number of halogens is 1. The number of pyridine rings is 1. The summed E-state index contributed by atoms with van der Waals surface area (Å²) in [5, 5.41) is 0.609. The van der Waals surface area contributed by atoms with Gasteiger partial charge in [-0.1, -0.05) is 41.9 Å². The van der Waals surface area contributed by atoms with E-state index in [9.17, 15) is 9.59 Å². The van der Waals surface area contributed by atoms with E-state index in [1.54, 1.807) is 6.20 Å². The van der Waals surface area contributed by atoms with E-state index >= 15 is 0 Å². The average Bonchev–Trinajstić information content (AvgIpc) is 3.41. The maximum Gasteiger partial charge on any atom is 0.327 e. The minimum absolute atomic E-state index is 0.0357. The molecule has 0 radical (unpaired) electrons. The number of rotatable bonds is 7. The lowest BCUT2D eigenvalue weighted by molar-refractivity contribution is -0.135. The Labute approximate surface area is 210 Å². The number of benzene rings is 1. The van der Waals surface area contributed by atoms with E-state index in [1.165, 1.54) is 10.5 Å². The third kappa shape index (κ3) is 4.46. The highest BCUT2D eigenvalue weighted by Gasteiger charge is 2.57. The van der Waals surface area contributed by atoms with Gasteiger partial charge in [0, 0.05) is 50.8 Å². The molecular weight excluding hydrogens is 462 g/mol. The van der Waals surface area contributed by atoms with Crippen LogP contribution in [0.1, 0.15) is 31.0 Å². The van der Waals surface area contributed by atoms with Crippen molar-refractivity contribution in [3.05, 3.63) is 83.3 Å². The molecule has 0 N–H and O–H groups in total. The smallest absolute Gasteiger partial charge is 0.309 e. The van der Waals surface area contributed by atoms with Crippen LogP contribution in [-0.2, 0) is 17.8 Å². The summed E-state index contributed by atoms with van der Waals surface area (Å²) in [6.07, 6.45) is 5.67.